The molecule has 0 bridgehead atoms. The Balaban J connectivity index is 1.88. The number of thiophene rings is 1. The summed E-state index contributed by atoms with van der Waals surface area (Å²) >= 11 is 1.55. The van der Waals surface area contributed by atoms with Gasteiger partial charge in [-0.2, -0.15) is 0 Å². The normalized spacial score (nSPS) is 16.6. The summed E-state index contributed by atoms with van der Waals surface area (Å²) in [6, 6.07) is 7.70. The van der Waals surface area contributed by atoms with Gasteiger partial charge in [-0.05, 0) is 53.9 Å². The Morgan fingerprint density at radius 2 is 1.78 bits per heavy atom. The van der Waals surface area contributed by atoms with Crippen molar-refractivity contribution in [1.82, 2.24) is 5.32 Å². The van der Waals surface area contributed by atoms with Crippen molar-refractivity contribution in [1.29, 1.82) is 0 Å². The summed E-state index contributed by atoms with van der Waals surface area (Å²) in [6.07, 6.45) is 2.95. The van der Waals surface area contributed by atoms with E-state index in [-0.39, 0.29) is 17.2 Å². The fourth-order valence-corrected chi connectivity index (χ4v) is 4.90. The molecule has 1 heterocycles. The van der Waals surface area contributed by atoms with Crippen molar-refractivity contribution in [3.8, 4) is 0 Å². The first-order valence-corrected chi connectivity index (χ1v) is 10.3. The van der Waals surface area contributed by atoms with Gasteiger partial charge >= 0.3 is 0 Å². The molecule has 1 aliphatic carbocycles. The average molecular weight is 385 g/mol. The first-order chi connectivity index (χ1) is 12.7. The number of carbonyl (C=O) groups excluding carboxylic acids is 2. The van der Waals surface area contributed by atoms with Crippen LogP contribution < -0.4 is 10.6 Å². The van der Waals surface area contributed by atoms with Gasteiger partial charge < -0.3 is 10.6 Å². The zero-order valence-electron chi connectivity index (χ0n) is 16.7. The Labute approximate surface area is 165 Å². The largest absolute Gasteiger partial charge is 0.355 e. The third kappa shape index (κ3) is 4.08. The molecule has 0 saturated carbocycles. The summed E-state index contributed by atoms with van der Waals surface area (Å²) in [5, 5.41) is 6.38. The lowest BCUT2D eigenvalue weighted by Gasteiger charge is -2.19. The number of hydrogen-bond donors (Lipinski definition) is 2. The van der Waals surface area contributed by atoms with Crippen molar-refractivity contribution in [2.45, 2.75) is 52.4 Å². The maximum atomic E-state index is 12.8. The van der Waals surface area contributed by atoms with Crippen LogP contribution >= 0.6 is 11.3 Å². The third-order valence-electron chi connectivity index (χ3n) is 5.21. The van der Waals surface area contributed by atoms with Gasteiger partial charge in [-0.15, -0.1) is 11.3 Å². The van der Waals surface area contributed by atoms with Crippen molar-refractivity contribution in [2.24, 2.45) is 5.92 Å². The van der Waals surface area contributed by atoms with E-state index in [0.717, 1.165) is 24.8 Å². The minimum absolute atomic E-state index is 0.0465. The minimum atomic E-state index is -0.174. The molecule has 1 atom stereocenters. The number of hydrogen-bond acceptors (Lipinski definition) is 3. The van der Waals surface area contributed by atoms with Gasteiger partial charge in [-0.3, -0.25) is 9.59 Å². The molecule has 4 nitrogen and oxygen atoms in total. The lowest BCUT2D eigenvalue weighted by atomic mass is 9.86. The number of benzene rings is 1. The molecule has 0 saturated heterocycles. The second kappa shape index (κ2) is 7.47. The van der Waals surface area contributed by atoms with Gasteiger partial charge in [0.25, 0.3) is 11.8 Å². The molecular formula is C22H28N2O2S. The first-order valence-electron chi connectivity index (χ1n) is 9.49. The molecule has 2 amide bonds. The predicted octanol–water partition coefficient (Wildman–Crippen LogP) is 4.78. The van der Waals surface area contributed by atoms with Crippen LogP contribution in [0.5, 0.6) is 0 Å². The van der Waals surface area contributed by atoms with E-state index in [4.69, 9.17) is 0 Å². The van der Waals surface area contributed by atoms with E-state index in [0.29, 0.717) is 22.0 Å². The molecule has 0 aliphatic heterocycles. The highest BCUT2D eigenvalue weighted by atomic mass is 32.1. The molecular weight excluding hydrogens is 356 g/mol. The third-order valence-corrected chi connectivity index (χ3v) is 6.38. The van der Waals surface area contributed by atoms with E-state index in [1.807, 2.05) is 24.3 Å². The van der Waals surface area contributed by atoms with Crippen molar-refractivity contribution in [3.63, 3.8) is 0 Å². The number of nitrogens with one attached hydrogen (secondary N) is 2. The Hall–Kier alpha value is -2.14. The highest BCUT2D eigenvalue weighted by Crippen LogP contribution is 2.39. The fourth-order valence-electron chi connectivity index (χ4n) is 3.50. The van der Waals surface area contributed by atoms with Crippen LogP contribution in [-0.2, 0) is 18.3 Å². The van der Waals surface area contributed by atoms with Crippen LogP contribution in [0.1, 0.15) is 70.8 Å². The molecule has 2 aromatic rings. The summed E-state index contributed by atoms with van der Waals surface area (Å²) in [4.78, 5) is 26.5. The van der Waals surface area contributed by atoms with Crippen molar-refractivity contribution in [3.05, 3.63) is 51.4 Å². The summed E-state index contributed by atoms with van der Waals surface area (Å²) in [6.45, 7) is 8.68. The van der Waals surface area contributed by atoms with Crippen LogP contribution in [-0.4, -0.2) is 18.9 Å². The fraction of sp³-hybridized carbons (Fsp3) is 0.455. The highest BCUT2D eigenvalue weighted by molar-refractivity contribution is 7.17. The summed E-state index contributed by atoms with van der Waals surface area (Å²) in [5.41, 5.74) is 3.58. The molecule has 0 fully saturated rings. The van der Waals surface area contributed by atoms with Gasteiger partial charge in [0.2, 0.25) is 0 Å². The Morgan fingerprint density at radius 3 is 2.37 bits per heavy atom. The maximum Gasteiger partial charge on any atom is 0.256 e. The SMILES string of the molecule is CNC(=O)c1c(NC(=O)c2ccc(C(C)(C)C)cc2)sc2c1CC[C@H](C)C2. The number of fused-ring (bicyclic) bond motifs is 1. The molecule has 2 N–H and O–H groups in total. The topological polar surface area (TPSA) is 58.2 Å². The smallest absolute Gasteiger partial charge is 0.256 e. The zero-order valence-corrected chi connectivity index (χ0v) is 17.5. The number of amides is 2. The lowest BCUT2D eigenvalue weighted by molar-refractivity contribution is 0.0963. The maximum absolute atomic E-state index is 12.8. The van der Waals surface area contributed by atoms with Gasteiger partial charge in [0, 0.05) is 17.5 Å². The second-order valence-corrected chi connectivity index (χ2v) is 9.52. The molecule has 5 heteroatoms. The van der Waals surface area contributed by atoms with Gasteiger partial charge in [0.15, 0.2) is 0 Å². The van der Waals surface area contributed by atoms with Crippen molar-refractivity contribution >= 4 is 28.2 Å². The van der Waals surface area contributed by atoms with Crippen LogP contribution in [0.3, 0.4) is 0 Å². The van der Waals surface area contributed by atoms with Gasteiger partial charge in [-0.1, -0.05) is 39.8 Å². The van der Waals surface area contributed by atoms with E-state index >= 15 is 0 Å². The number of anilines is 1. The van der Waals surface area contributed by atoms with E-state index in [9.17, 15) is 9.59 Å². The van der Waals surface area contributed by atoms with E-state index in [2.05, 4.69) is 38.3 Å². The average Bonchev–Trinajstić information content (AvgIpc) is 2.97. The van der Waals surface area contributed by atoms with E-state index < -0.39 is 0 Å². The lowest BCUT2D eigenvalue weighted by Crippen LogP contribution is -2.22. The molecule has 0 unspecified atom stereocenters. The van der Waals surface area contributed by atoms with Gasteiger partial charge in [0.05, 0.1) is 5.56 Å². The highest BCUT2D eigenvalue weighted by Gasteiger charge is 2.28. The van der Waals surface area contributed by atoms with Crippen LogP contribution in [0.2, 0.25) is 0 Å². The zero-order chi connectivity index (χ0) is 19.8. The summed E-state index contributed by atoms with van der Waals surface area (Å²) in [5.74, 6) is 0.315. The number of rotatable bonds is 3. The monoisotopic (exact) mass is 384 g/mol. The molecule has 1 aliphatic rings. The standard InChI is InChI=1S/C22H28N2O2S/c1-13-6-11-16-17(12-13)27-21(18(16)20(26)23-5)24-19(25)14-7-9-15(10-8-14)22(2,3)4/h7-10,13H,6,11-12H2,1-5H3,(H,23,26)(H,24,25)/t13-/m0/s1. The first kappa shape index (κ1) is 19.6. The van der Waals surface area contributed by atoms with Crippen LogP contribution in [0.4, 0.5) is 5.00 Å². The van der Waals surface area contributed by atoms with Gasteiger partial charge in [0.1, 0.15) is 5.00 Å². The molecule has 0 spiro atoms. The van der Waals surface area contributed by atoms with Gasteiger partial charge in [-0.25, -0.2) is 0 Å². The molecule has 3 rings (SSSR count). The molecule has 1 aromatic heterocycles. The predicted molar refractivity (Wildman–Crippen MR) is 112 cm³/mol. The second-order valence-electron chi connectivity index (χ2n) is 8.42. The van der Waals surface area contributed by atoms with Crippen molar-refractivity contribution < 1.29 is 9.59 Å². The molecule has 0 radical (unpaired) electrons. The summed E-state index contributed by atoms with van der Waals surface area (Å²) in [7, 11) is 1.63. The van der Waals surface area contributed by atoms with Crippen molar-refractivity contribution in [2.75, 3.05) is 12.4 Å². The Morgan fingerprint density at radius 1 is 1.11 bits per heavy atom. The molecule has 1 aromatic carbocycles. The van der Waals surface area contributed by atoms with Crippen LogP contribution in [0.25, 0.3) is 0 Å². The quantitative estimate of drug-likeness (QED) is 0.800. The van der Waals surface area contributed by atoms with Crippen LogP contribution in [0, 0.1) is 5.92 Å². The van der Waals surface area contributed by atoms with Crippen LogP contribution in [0.15, 0.2) is 24.3 Å². The Bertz CT molecular complexity index is 860. The van der Waals surface area contributed by atoms with E-state index in [1.165, 1.54) is 10.4 Å². The molecule has 27 heavy (non-hydrogen) atoms. The summed E-state index contributed by atoms with van der Waals surface area (Å²) < 4.78 is 0. The number of carbonyl (C=O) groups is 2. The van der Waals surface area contributed by atoms with E-state index in [1.54, 1.807) is 18.4 Å². The Kier molecular flexibility index (Phi) is 5.43. The molecule has 144 valence electrons. The minimum Gasteiger partial charge on any atom is -0.355 e.